The number of aromatic nitrogens is 3. The largest absolute Gasteiger partial charge is 0.473 e. The van der Waals surface area contributed by atoms with E-state index in [0.29, 0.717) is 54.8 Å². The van der Waals surface area contributed by atoms with Crippen molar-refractivity contribution in [1.82, 2.24) is 15.1 Å². The first-order chi connectivity index (χ1) is 21.9. The molecule has 250 valence electrons. The van der Waals surface area contributed by atoms with Gasteiger partial charge in [-0.25, -0.2) is 9.18 Å². The predicted molar refractivity (Wildman–Crippen MR) is 160 cm³/mol. The molecule has 2 bridgehead atoms. The number of primary amides is 1. The zero-order valence-corrected chi connectivity index (χ0v) is 26.7. The number of nitrogens with two attached hydrogens (primary N) is 1. The van der Waals surface area contributed by atoms with E-state index in [2.05, 4.69) is 21.2 Å². The number of nitriles is 1. The third kappa shape index (κ3) is 5.20. The Balaban J connectivity index is 1.42. The molecule has 1 aromatic carbocycles. The number of hydrogen-bond donors (Lipinski definition) is 1. The van der Waals surface area contributed by atoms with Crippen LogP contribution in [-0.2, 0) is 21.4 Å². The highest BCUT2D eigenvalue weighted by atomic mass is 19.4. The smallest absolute Gasteiger partial charge is 0.405 e. The molecule has 9 nitrogen and oxygen atoms in total. The third-order valence-corrected chi connectivity index (χ3v) is 10.8. The Hall–Kier alpha value is -4.21. The van der Waals surface area contributed by atoms with Crippen molar-refractivity contribution in [1.29, 1.82) is 5.26 Å². The maximum atomic E-state index is 15.3. The van der Waals surface area contributed by atoms with E-state index in [1.54, 1.807) is 44.2 Å². The van der Waals surface area contributed by atoms with E-state index in [4.69, 9.17) is 19.7 Å². The summed E-state index contributed by atoms with van der Waals surface area (Å²) in [6, 6.07) is 12.0. The van der Waals surface area contributed by atoms with Crippen LogP contribution < -0.4 is 10.5 Å². The zero-order chi connectivity index (χ0) is 34.1. The van der Waals surface area contributed by atoms with Crippen LogP contribution in [0.25, 0.3) is 11.1 Å². The Morgan fingerprint density at radius 3 is 2.11 bits per heavy atom. The summed E-state index contributed by atoms with van der Waals surface area (Å²) in [7, 11) is 0. The zero-order valence-electron chi connectivity index (χ0n) is 26.7. The standard InChI is InChI=1S/C34H37F4N5O4/c1-28(2,20-39)45-23-7-5-21(6-8-23)22-9-18-41-24(19-22)33(46-27(40)44,29(3,4)34(36,37)38)31-13-10-30(11-14-31,12-15-31)25-42-26(47-43-25)32(35)16-17-32/h5-9,18-19H,10-17H2,1-4H3,(H2,40,44). The van der Waals surface area contributed by atoms with Crippen LogP contribution in [0.15, 0.2) is 47.1 Å². The first-order valence-electron chi connectivity index (χ1n) is 15.7. The van der Waals surface area contributed by atoms with E-state index in [1.807, 2.05) is 0 Å². The molecule has 13 heteroatoms. The van der Waals surface area contributed by atoms with Crippen molar-refractivity contribution in [2.45, 2.75) is 108 Å². The fourth-order valence-electron chi connectivity index (χ4n) is 7.72. The fraction of sp³-hybridized carbons (Fsp3) is 0.559. The molecule has 0 aliphatic heterocycles. The van der Waals surface area contributed by atoms with Gasteiger partial charge in [0.15, 0.2) is 22.7 Å². The molecular formula is C34H37F4N5O4. The van der Waals surface area contributed by atoms with E-state index >= 15 is 13.2 Å². The number of rotatable bonds is 9. The number of pyridine rings is 1. The molecule has 7 rings (SSSR count). The topological polar surface area (TPSA) is 137 Å². The maximum Gasteiger partial charge on any atom is 0.405 e. The van der Waals surface area contributed by atoms with Gasteiger partial charge in [-0.3, -0.25) is 4.98 Å². The first kappa shape index (κ1) is 32.7. The Kier molecular flexibility index (Phi) is 7.42. The van der Waals surface area contributed by atoms with Gasteiger partial charge in [0.1, 0.15) is 17.2 Å². The quantitative estimate of drug-likeness (QED) is 0.229. The minimum absolute atomic E-state index is 0.0525. The number of amides is 1. The summed E-state index contributed by atoms with van der Waals surface area (Å²) in [5.41, 5.74) is -2.68. The molecule has 2 aromatic heterocycles. The fourth-order valence-corrected chi connectivity index (χ4v) is 7.72. The predicted octanol–water partition coefficient (Wildman–Crippen LogP) is 7.94. The van der Waals surface area contributed by atoms with Crippen LogP contribution in [0.3, 0.4) is 0 Å². The second kappa shape index (κ2) is 10.7. The second-order valence-electron chi connectivity index (χ2n) is 14.4. The number of alkyl halides is 4. The lowest BCUT2D eigenvalue weighted by atomic mass is 9.44. The number of hydrogen-bond acceptors (Lipinski definition) is 8. The summed E-state index contributed by atoms with van der Waals surface area (Å²) in [5.74, 6) is 0.758. The van der Waals surface area contributed by atoms with Gasteiger partial charge in [0.2, 0.25) is 0 Å². The molecule has 2 heterocycles. The number of benzene rings is 1. The van der Waals surface area contributed by atoms with E-state index in [1.165, 1.54) is 12.3 Å². The lowest BCUT2D eigenvalue weighted by Crippen LogP contribution is -2.66. The average Bonchev–Trinajstić information content (AvgIpc) is 3.56. The number of ether oxygens (including phenoxy) is 2. The van der Waals surface area contributed by atoms with Crippen LogP contribution in [0.2, 0.25) is 0 Å². The van der Waals surface area contributed by atoms with Crippen LogP contribution in [0.4, 0.5) is 22.4 Å². The lowest BCUT2D eigenvalue weighted by molar-refractivity contribution is -0.315. The Labute approximate surface area is 269 Å². The van der Waals surface area contributed by atoms with Crippen molar-refractivity contribution in [3.8, 4) is 22.9 Å². The molecule has 4 aliphatic carbocycles. The van der Waals surface area contributed by atoms with Gasteiger partial charge in [-0.1, -0.05) is 17.3 Å². The first-order valence-corrected chi connectivity index (χ1v) is 15.7. The highest BCUT2D eigenvalue weighted by molar-refractivity contribution is 5.67. The monoisotopic (exact) mass is 655 g/mol. The van der Waals surface area contributed by atoms with Crippen molar-refractivity contribution in [3.05, 3.63) is 60.0 Å². The molecule has 2 N–H and O–H groups in total. The summed E-state index contributed by atoms with van der Waals surface area (Å²) >= 11 is 0. The lowest BCUT2D eigenvalue weighted by Gasteiger charge is -2.63. The van der Waals surface area contributed by atoms with Gasteiger partial charge < -0.3 is 19.7 Å². The molecule has 1 unspecified atom stereocenters. The van der Waals surface area contributed by atoms with E-state index in [9.17, 15) is 14.4 Å². The maximum absolute atomic E-state index is 15.3. The van der Waals surface area contributed by atoms with Crippen molar-refractivity contribution in [2.75, 3.05) is 0 Å². The Morgan fingerprint density at radius 2 is 1.57 bits per heavy atom. The number of halogens is 4. The second-order valence-corrected chi connectivity index (χ2v) is 14.4. The molecule has 0 spiro atoms. The third-order valence-electron chi connectivity index (χ3n) is 10.8. The number of carbonyl (C=O) groups is 1. The minimum atomic E-state index is -4.84. The van der Waals surface area contributed by atoms with Crippen LogP contribution >= 0.6 is 0 Å². The van der Waals surface area contributed by atoms with E-state index < -0.39 is 45.4 Å². The SMILES string of the molecule is CC(C)(C#N)Oc1ccc(-c2ccnc(C(OC(N)=O)(C34CCC(c5noc(C6(F)CC6)n5)(CC3)CC4)C(C)(C)C(F)(F)F)c2)cc1. The Bertz CT molecular complexity index is 1700. The number of fused-ring (bicyclic) bond motifs is 3. The molecule has 0 saturated heterocycles. The highest BCUT2D eigenvalue weighted by Gasteiger charge is 2.74. The summed E-state index contributed by atoms with van der Waals surface area (Å²) in [5, 5.41) is 13.4. The Morgan fingerprint density at radius 1 is 0.957 bits per heavy atom. The normalized spacial score (nSPS) is 25.0. The molecule has 4 fully saturated rings. The summed E-state index contributed by atoms with van der Waals surface area (Å²) in [6.07, 6.45) is -2.36. The summed E-state index contributed by atoms with van der Waals surface area (Å²) in [4.78, 5) is 21.6. The van der Waals surface area contributed by atoms with Gasteiger partial charge in [0.05, 0.1) is 5.69 Å². The van der Waals surface area contributed by atoms with Gasteiger partial charge in [0, 0.05) is 17.0 Å². The van der Waals surface area contributed by atoms with Gasteiger partial charge in [0.25, 0.3) is 5.89 Å². The molecule has 4 aliphatic rings. The van der Waals surface area contributed by atoms with E-state index in [0.717, 1.165) is 13.8 Å². The molecular weight excluding hydrogens is 618 g/mol. The van der Waals surface area contributed by atoms with Crippen molar-refractivity contribution < 1.29 is 36.4 Å². The van der Waals surface area contributed by atoms with Crippen molar-refractivity contribution >= 4 is 6.09 Å². The van der Waals surface area contributed by atoms with Gasteiger partial charge in [-0.05, 0) is 114 Å². The average molecular weight is 656 g/mol. The molecule has 0 radical (unpaired) electrons. The number of nitrogens with zero attached hydrogens (tertiary/aromatic N) is 4. The van der Waals surface area contributed by atoms with Crippen LogP contribution in [0.5, 0.6) is 5.75 Å². The van der Waals surface area contributed by atoms with Crippen LogP contribution in [-0.4, -0.2) is 33.0 Å². The van der Waals surface area contributed by atoms with E-state index in [-0.39, 0.29) is 30.8 Å². The van der Waals surface area contributed by atoms with Gasteiger partial charge >= 0.3 is 12.3 Å². The van der Waals surface area contributed by atoms with Crippen molar-refractivity contribution in [2.24, 2.45) is 16.6 Å². The van der Waals surface area contributed by atoms with Crippen LogP contribution in [0.1, 0.15) is 96.5 Å². The van der Waals surface area contributed by atoms with Gasteiger partial charge in [-0.15, -0.1) is 0 Å². The molecule has 4 saturated carbocycles. The molecule has 47 heavy (non-hydrogen) atoms. The molecule has 3 aromatic rings. The van der Waals surface area contributed by atoms with Crippen molar-refractivity contribution in [3.63, 3.8) is 0 Å². The van der Waals surface area contributed by atoms with Crippen LogP contribution in [0, 0.1) is 22.2 Å². The minimum Gasteiger partial charge on any atom is -0.473 e. The highest BCUT2D eigenvalue weighted by Crippen LogP contribution is 2.70. The molecule has 1 amide bonds. The number of carbonyl (C=O) groups excluding carboxylic acids is 1. The summed E-state index contributed by atoms with van der Waals surface area (Å²) < 4.78 is 77.3. The summed E-state index contributed by atoms with van der Waals surface area (Å²) in [6.45, 7) is 5.31. The van der Waals surface area contributed by atoms with Gasteiger partial charge in [-0.2, -0.15) is 23.4 Å². The molecule has 1 atom stereocenters.